The second-order valence-electron chi connectivity index (χ2n) is 3.63. The highest BCUT2D eigenvalue weighted by molar-refractivity contribution is 14.1. The quantitative estimate of drug-likeness (QED) is 0.763. The fraction of sp³-hybridized carbons (Fsp3) is 0.273. The van der Waals surface area contributed by atoms with Crippen molar-refractivity contribution in [2.45, 2.75) is 12.9 Å². The van der Waals surface area contributed by atoms with Gasteiger partial charge in [0.15, 0.2) is 5.82 Å². The fourth-order valence-corrected chi connectivity index (χ4v) is 1.75. The summed E-state index contributed by atoms with van der Waals surface area (Å²) < 4.78 is 41.5. The van der Waals surface area contributed by atoms with Crippen molar-refractivity contribution in [2.75, 3.05) is 6.61 Å². The highest BCUT2D eigenvalue weighted by Crippen LogP contribution is 2.17. The second-order valence-corrected chi connectivity index (χ2v) is 4.88. The van der Waals surface area contributed by atoms with Gasteiger partial charge in [-0.1, -0.05) is 12.1 Å². The number of nitrogens with zero attached hydrogens (tertiary/aromatic N) is 3. The molecule has 0 aliphatic rings. The van der Waals surface area contributed by atoms with Crippen molar-refractivity contribution in [3.8, 4) is 11.4 Å². The van der Waals surface area contributed by atoms with Gasteiger partial charge in [0, 0.05) is 9.13 Å². The molecule has 0 spiro atoms. The van der Waals surface area contributed by atoms with Gasteiger partial charge in [0.1, 0.15) is 6.33 Å². The first-order chi connectivity index (χ1) is 8.94. The average Bonchev–Trinajstić information content (AvgIpc) is 2.77. The molecule has 1 heterocycles. The molecule has 0 aliphatic heterocycles. The van der Waals surface area contributed by atoms with Crippen LogP contribution in [0.5, 0.6) is 0 Å². The Morgan fingerprint density at radius 2 is 1.89 bits per heavy atom. The third kappa shape index (κ3) is 4.46. The zero-order valence-electron chi connectivity index (χ0n) is 9.56. The lowest BCUT2D eigenvalue weighted by atomic mass is 10.2. The fourth-order valence-electron chi connectivity index (χ4n) is 1.39. The molecule has 0 saturated carbocycles. The Labute approximate surface area is 120 Å². The molecule has 0 unspecified atom stereocenters. The minimum Gasteiger partial charge on any atom is -0.290 e. The molecule has 2 rings (SSSR count). The van der Waals surface area contributed by atoms with Gasteiger partial charge >= 0.3 is 6.36 Å². The van der Waals surface area contributed by atoms with Gasteiger partial charge in [-0.3, -0.25) is 4.74 Å². The Bertz CT molecular complexity index is 539. The van der Waals surface area contributed by atoms with Crippen molar-refractivity contribution in [3.05, 3.63) is 34.2 Å². The van der Waals surface area contributed by atoms with E-state index >= 15 is 0 Å². The molecular formula is C11H9F3IN3O. The first-order valence-corrected chi connectivity index (χ1v) is 6.38. The molecule has 4 nitrogen and oxygen atoms in total. The molecule has 0 fully saturated rings. The van der Waals surface area contributed by atoms with Crippen LogP contribution in [-0.2, 0) is 11.3 Å². The van der Waals surface area contributed by atoms with Crippen molar-refractivity contribution in [2.24, 2.45) is 0 Å². The minimum absolute atomic E-state index is 0.00310. The van der Waals surface area contributed by atoms with E-state index in [0.717, 1.165) is 9.13 Å². The predicted molar refractivity (Wildman–Crippen MR) is 70.2 cm³/mol. The molecule has 0 N–H and O–H groups in total. The van der Waals surface area contributed by atoms with Gasteiger partial charge in [0.2, 0.25) is 0 Å². The smallest absolute Gasteiger partial charge is 0.290 e. The molecule has 102 valence electrons. The molecule has 0 aliphatic carbocycles. The summed E-state index contributed by atoms with van der Waals surface area (Å²) in [5.41, 5.74) is 0.816. The normalized spacial score (nSPS) is 11.8. The molecule has 19 heavy (non-hydrogen) atoms. The Kier molecular flexibility index (Phi) is 4.40. The van der Waals surface area contributed by atoms with Crippen LogP contribution in [0.3, 0.4) is 0 Å². The molecule has 1 aromatic carbocycles. The maximum absolute atomic E-state index is 11.8. The van der Waals surface area contributed by atoms with Crippen LogP contribution >= 0.6 is 22.6 Å². The summed E-state index contributed by atoms with van der Waals surface area (Å²) in [6.07, 6.45) is -3.23. The van der Waals surface area contributed by atoms with Gasteiger partial charge in [0.25, 0.3) is 0 Å². The van der Waals surface area contributed by atoms with Crippen LogP contribution in [0.15, 0.2) is 30.6 Å². The third-order valence-electron chi connectivity index (χ3n) is 2.23. The van der Waals surface area contributed by atoms with E-state index in [1.54, 1.807) is 0 Å². The Morgan fingerprint density at radius 3 is 2.53 bits per heavy atom. The summed E-state index contributed by atoms with van der Waals surface area (Å²) in [7, 11) is 0. The van der Waals surface area contributed by atoms with Crippen LogP contribution in [0.4, 0.5) is 13.2 Å². The van der Waals surface area contributed by atoms with E-state index in [2.05, 4.69) is 37.4 Å². The van der Waals surface area contributed by atoms with E-state index in [4.69, 9.17) is 0 Å². The van der Waals surface area contributed by atoms with Crippen molar-refractivity contribution < 1.29 is 17.9 Å². The summed E-state index contributed by atoms with van der Waals surface area (Å²) in [6.45, 7) is -0.490. The zero-order valence-corrected chi connectivity index (χ0v) is 11.7. The number of aromatic nitrogens is 3. The largest absolute Gasteiger partial charge is 0.522 e. The molecule has 0 atom stereocenters. The summed E-state index contributed by atoms with van der Waals surface area (Å²) in [5, 5.41) is 4.09. The highest BCUT2D eigenvalue weighted by atomic mass is 127. The van der Waals surface area contributed by atoms with Gasteiger partial charge in [-0.05, 0) is 34.7 Å². The molecule has 0 amide bonds. The Balaban J connectivity index is 1.97. The molecule has 2 aromatic rings. The number of hydrogen-bond donors (Lipinski definition) is 0. The van der Waals surface area contributed by atoms with E-state index in [-0.39, 0.29) is 6.54 Å². The van der Waals surface area contributed by atoms with Crippen molar-refractivity contribution in [1.82, 2.24) is 14.8 Å². The minimum atomic E-state index is -4.61. The SMILES string of the molecule is FC(F)(F)OCCn1cnc(-c2ccc(I)cc2)n1. The number of benzene rings is 1. The summed E-state index contributed by atoms with van der Waals surface area (Å²) in [5.74, 6) is 0.475. The van der Waals surface area contributed by atoms with Crippen LogP contribution in [-0.4, -0.2) is 27.7 Å². The number of alkyl halides is 3. The first kappa shape index (κ1) is 14.3. The molecule has 0 radical (unpaired) electrons. The van der Waals surface area contributed by atoms with Crippen molar-refractivity contribution in [1.29, 1.82) is 0 Å². The van der Waals surface area contributed by atoms with E-state index in [9.17, 15) is 13.2 Å². The molecular weight excluding hydrogens is 374 g/mol. The highest BCUT2D eigenvalue weighted by Gasteiger charge is 2.28. The summed E-state index contributed by atoms with van der Waals surface area (Å²) in [6, 6.07) is 7.52. The van der Waals surface area contributed by atoms with Crippen LogP contribution in [0.2, 0.25) is 0 Å². The maximum atomic E-state index is 11.8. The summed E-state index contributed by atoms with van der Waals surface area (Å²) in [4.78, 5) is 4.04. The lowest BCUT2D eigenvalue weighted by molar-refractivity contribution is -0.325. The molecule has 8 heteroatoms. The second kappa shape index (κ2) is 5.87. The number of hydrogen-bond acceptors (Lipinski definition) is 3. The van der Waals surface area contributed by atoms with Crippen LogP contribution in [0.1, 0.15) is 0 Å². The first-order valence-electron chi connectivity index (χ1n) is 5.30. The molecule has 0 bridgehead atoms. The monoisotopic (exact) mass is 383 g/mol. The number of halogens is 4. The van der Waals surface area contributed by atoms with Crippen LogP contribution < -0.4 is 0 Å². The maximum Gasteiger partial charge on any atom is 0.522 e. The lowest BCUT2D eigenvalue weighted by Gasteiger charge is -2.06. The van der Waals surface area contributed by atoms with Crippen LogP contribution in [0, 0.1) is 3.57 Å². The number of rotatable bonds is 4. The Morgan fingerprint density at radius 1 is 1.21 bits per heavy atom. The van der Waals surface area contributed by atoms with Gasteiger partial charge in [-0.15, -0.1) is 13.2 Å². The van der Waals surface area contributed by atoms with Crippen LogP contribution in [0.25, 0.3) is 11.4 Å². The van der Waals surface area contributed by atoms with Gasteiger partial charge < -0.3 is 0 Å². The predicted octanol–water partition coefficient (Wildman–Crippen LogP) is 3.09. The Hall–Kier alpha value is -1.16. The van der Waals surface area contributed by atoms with E-state index in [1.807, 2.05) is 24.3 Å². The lowest BCUT2D eigenvalue weighted by Crippen LogP contribution is -2.17. The van der Waals surface area contributed by atoms with E-state index in [0.29, 0.717) is 5.82 Å². The van der Waals surface area contributed by atoms with Gasteiger partial charge in [-0.2, -0.15) is 5.10 Å². The summed E-state index contributed by atoms with van der Waals surface area (Å²) >= 11 is 2.18. The van der Waals surface area contributed by atoms with Gasteiger partial charge in [-0.25, -0.2) is 9.67 Å². The van der Waals surface area contributed by atoms with E-state index < -0.39 is 13.0 Å². The number of ether oxygens (including phenoxy) is 1. The average molecular weight is 383 g/mol. The molecule has 1 aromatic heterocycles. The van der Waals surface area contributed by atoms with E-state index in [1.165, 1.54) is 11.0 Å². The molecule has 0 saturated heterocycles. The third-order valence-corrected chi connectivity index (χ3v) is 2.94. The topological polar surface area (TPSA) is 39.9 Å². The van der Waals surface area contributed by atoms with Crippen molar-refractivity contribution >= 4 is 22.6 Å². The van der Waals surface area contributed by atoms with Crippen molar-refractivity contribution in [3.63, 3.8) is 0 Å². The standard InChI is InChI=1S/C11H9F3IN3O/c12-11(13,14)19-6-5-18-7-16-10(17-18)8-1-3-9(15)4-2-8/h1-4,7H,5-6H2. The zero-order chi connectivity index (χ0) is 13.9. The van der Waals surface area contributed by atoms with Gasteiger partial charge in [0.05, 0.1) is 13.2 Å².